The van der Waals surface area contributed by atoms with Gasteiger partial charge in [-0.05, 0) is 105 Å². The fourth-order valence-electron chi connectivity index (χ4n) is 7.63. The fraction of sp³-hybridized carbons (Fsp3) is 0.0417. The summed E-state index contributed by atoms with van der Waals surface area (Å²) in [7, 11) is 0. The standard InChI is InChI=1S/C48H14F8N8O2/c1-63-45(30-15-25(19-59)12-26(16-30)20-60)42-39-36(28-5-9-32(10-6-28)66-48(54,55)56)41-40(35(37(39)34(22-62)43(42)49)27-3-7-31(8-4-27)65-47(51,52)53)38(44(50)46(41)64-2)33(21-61)29-13-23(17-57)11-24(14-29)18-58/h3-16H/b38-33-,45-42+. The Hall–Kier alpha value is -9.98. The van der Waals surface area contributed by atoms with Gasteiger partial charge in [0, 0.05) is 22.3 Å². The number of fused-ring (bicyclic) bond motifs is 2. The zero-order chi connectivity index (χ0) is 47.8. The van der Waals surface area contributed by atoms with E-state index in [0.717, 1.165) is 84.9 Å². The van der Waals surface area contributed by atoms with Crippen molar-refractivity contribution in [3.63, 3.8) is 0 Å². The minimum Gasteiger partial charge on any atom is -0.406 e. The van der Waals surface area contributed by atoms with Gasteiger partial charge in [-0.2, -0.15) is 31.6 Å². The number of rotatable bonds is 6. The molecule has 0 fully saturated rings. The lowest BCUT2D eigenvalue weighted by Crippen LogP contribution is -2.17. The normalized spacial score (nSPS) is 14.2. The summed E-state index contributed by atoms with van der Waals surface area (Å²) in [6.45, 7) is 16.6. The average molecular weight is 887 g/mol. The van der Waals surface area contributed by atoms with E-state index in [1.807, 2.05) is 30.3 Å². The third-order valence-electron chi connectivity index (χ3n) is 9.98. The van der Waals surface area contributed by atoms with Crippen molar-refractivity contribution in [2.75, 3.05) is 0 Å². The van der Waals surface area contributed by atoms with Gasteiger partial charge in [-0.15, -0.1) is 26.3 Å². The number of alkyl halides is 6. The van der Waals surface area contributed by atoms with Gasteiger partial charge in [0.25, 0.3) is 0 Å². The predicted octanol–water partition coefficient (Wildman–Crippen LogP) is 12.3. The van der Waals surface area contributed by atoms with E-state index in [9.17, 15) is 57.9 Å². The summed E-state index contributed by atoms with van der Waals surface area (Å²) in [5.74, 6) is -4.45. The first-order chi connectivity index (χ1) is 31.4. The summed E-state index contributed by atoms with van der Waals surface area (Å²) in [5, 5.41) is 60.7. The van der Waals surface area contributed by atoms with Gasteiger partial charge in [0.1, 0.15) is 35.3 Å². The first kappa shape index (κ1) is 44.1. The molecule has 66 heavy (non-hydrogen) atoms. The van der Waals surface area contributed by atoms with Crippen LogP contribution < -0.4 is 9.47 Å². The van der Waals surface area contributed by atoms with Crippen LogP contribution in [0.1, 0.15) is 55.6 Å². The summed E-state index contributed by atoms with van der Waals surface area (Å²) in [6, 6.07) is 24.8. The maximum atomic E-state index is 17.6. The molecule has 18 heteroatoms. The van der Waals surface area contributed by atoms with E-state index in [4.69, 9.17) is 13.1 Å². The van der Waals surface area contributed by atoms with Gasteiger partial charge < -0.3 is 9.47 Å². The summed E-state index contributed by atoms with van der Waals surface area (Å²) in [4.78, 5) is 6.95. The second-order valence-corrected chi connectivity index (χ2v) is 13.7. The van der Waals surface area contributed by atoms with Gasteiger partial charge in [0.15, 0.2) is 0 Å². The van der Waals surface area contributed by atoms with Gasteiger partial charge in [-0.1, -0.05) is 24.3 Å². The molecule has 5 aromatic carbocycles. The number of benzene rings is 5. The fourth-order valence-corrected chi connectivity index (χ4v) is 7.63. The Balaban J connectivity index is 1.79. The number of nitriles is 6. The van der Waals surface area contributed by atoms with Crippen molar-refractivity contribution in [2.45, 2.75) is 12.7 Å². The van der Waals surface area contributed by atoms with Gasteiger partial charge in [0.2, 0.25) is 11.4 Å². The number of hydrogen-bond acceptors (Lipinski definition) is 8. The lowest BCUT2D eigenvalue weighted by Gasteiger charge is -2.24. The number of nitrogens with zero attached hydrogens (tertiary/aromatic N) is 8. The second-order valence-electron chi connectivity index (χ2n) is 13.7. The molecule has 0 atom stereocenters. The Kier molecular flexibility index (Phi) is 11.2. The van der Waals surface area contributed by atoms with Crippen molar-refractivity contribution < 1.29 is 44.6 Å². The van der Waals surface area contributed by atoms with E-state index in [0.29, 0.717) is 0 Å². The topological polar surface area (TPSA) is 170 Å². The van der Waals surface area contributed by atoms with Crippen LogP contribution in [0.3, 0.4) is 0 Å². The zero-order valence-electron chi connectivity index (χ0n) is 32.5. The number of halogens is 8. The second kappa shape index (κ2) is 16.7. The summed E-state index contributed by atoms with van der Waals surface area (Å²) < 4.78 is 123. The maximum absolute atomic E-state index is 17.6. The highest BCUT2D eigenvalue weighted by Gasteiger charge is 2.44. The van der Waals surface area contributed by atoms with E-state index in [2.05, 4.69) is 19.2 Å². The molecule has 0 saturated heterocycles. The van der Waals surface area contributed by atoms with Gasteiger partial charge >= 0.3 is 12.7 Å². The lowest BCUT2D eigenvalue weighted by molar-refractivity contribution is -0.275. The van der Waals surface area contributed by atoms with Gasteiger partial charge in [0.05, 0.1) is 70.8 Å². The van der Waals surface area contributed by atoms with E-state index >= 15 is 8.78 Å². The molecule has 10 nitrogen and oxygen atoms in total. The number of allylic oxidation sites excluding steroid dienone is 6. The third-order valence-corrected chi connectivity index (χ3v) is 9.98. The molecule has 314 valence electrons. The highest BCUT2D eigenvalue weighted by molar-refractivity contribution is 6.24. The molecular formula is C48H14F8N8O2. The molecule has 0 bridgehead atoms. The van der Waals surface area contributed by atoms with Crippen molar-refractivity contribution in [1.82, 2.24) is 0 Å². The Morgan fingerprint density at radius 1 is 0.500 bits per heavy atom. The summed E-state index contributed by atoms with van der Waals surface area (Å²) in [6.07, 6.45) is -10.4. The largest absolute Gasteiger partial charge is 0.573 e. The van der Waals surface area contributed by atoms with Crippen molar-refractivity contribution >= 4 is 33.7 Å². The van der Waals surface area contributed by atoms with E-state index in [1.54, 1.807) is 6.07 Å². The van der Waals surface area contributed by atoms with Crippen molar-refractivity contribution in [3.05, 3.63) is 175 Å². The lowest BCUT2D eigenvalue weighted by atomic mass is 9.78. The van der Waals surface area contributed by atoms with E-state index in [1.165, 1.54) is 0 Å². The molecule has 0 saturated carbocycles. The van der Waals surface area contributed by atoms with Crippen LogP contribution in [0, 0.1) is 81.1 Å². The van der Waals surface area contributed by atoms with Crippen LogP contribution in [0.4, 0.5) is 35.1 Å². The molecule has 0 amide bonds. The highest BCUT2D eigenvalue weighted by atomic mass is 19.4. The molecule has 2 aliphatic carbocycles. The minimum atomic E-state index is -5.19. The first-order valence-corrected chi connectivity index (χ1v) is 18.2. The molecule has 0 N–H and O–H groups in total. The monoisotopic (exact) mass is 886 g/mol. The van der Waals surface area contributed by atoms with Crippen LogP contribution in [0.15, 0.2) is 96.6 Å². The van der Waals surface area contributed by atoms with Crippen LogP contribution in [-0.2, 0) is 0 Å². The molecule has 7 rings (SSSR count). The van der Waals surface area contributed by atoms with Gasteiger partial charge in [-0.3, -0.25) is 0 Å². The molecule has 0 radical (unpaired) electrons. The van der Waals surface area contributed by atoms with E-state index < -0.39 is 103 Å². The average Bonchev–Trinajstić information content (AvgIpc) is 3.74. The zero-order valence-corrected chi connectivity index (χ0v) is 32.5. The molecule has 2 aliphatic rings. The van der Waals surface area contributed by atoms with Crippen molar-refractivity contribution in [2.24, 2.45) is 0 Å². The van der Waals surface area contributed by atoms with Crippen molar-refractivity contribution in [3.8, 4) is 70.2 Å². The van der Waals surface area contributed by atoms with Crippen LogP contribution >= 0.6 is 0 Å². The Labute approximate surface area is 367 Å². The number of ether oxygens (including phenoxy) is 2. The quantitative estimate of drug-likeness (QED) is 0.0921. The molecule has 0 heterocycles. The Bertz CT molecular complexity index is 3190. The molecule has 0 unspecified atom stereocenters. The molecule has 0 aliphatic heterocycles. The number of hydrogen-bond donors (Lipinski definition) is 0. The van der Waals surface area contributed by atoms with Gasteiger partial charge in [-0.25, -0.2) is 18.5 Å². The van der Waals surface area contributed by atoms with Crippen molar-refractivity contribution in [1.29, 1.82) is 31.6 Å². The molecule has 0 spiro atoms. The maximum Gasteiger partial charge on any atom is 0.573 e. The first-order valence-electron chi connectivity index (χ1n) is 18.2. The summed E-state index contributed by atoms with van der Waals surface area (Å²) >= 11 is 0. The van der Waals surface area contributed by atoms with Crippen LogP contribution in [0.5, 0.6) is 11.5 Å². The highest BCUT2D eigenvalue weighted by Crippen LogP contribution is 2.61. The van der Waals surface area contributed by atoms with E-state index in [-0.39, 0.29) is 44.5 Å². The molecule has 5 aromatic rings. The Morgan fingerprint density at radius 3 is 1.30 bits per heavy atom. The third kappa shape index (κ3) is 7.75. The van der Waals surface area contributed by atoms with Crippen LogP contribution in [0.25, 0.3) is 65.6 Å². The SMILES string of the molecule is [C-]#[N+]C1=C(F)/C(=C(/C#N)c2cc(C#N)cc(C#N)c2)c2c1c(-c1ccc(OC(F)(F)F)cc1)c1c(c2-c2ccc(OC(F)(F)F)cc2)C(C#N)=C(F)/C1=C(/[N+]#[C-])c1cc(C#N)cc(C#N)c1. The smallest absolute Gasteiger partial charge is 0.406 e. The van der Waals surface area contributed by atoms with Crippen LogP contribution in [0.2, 0.25) is 0 Å². The van der Waals surface area contributed by atoms with Crippen LogP contribution in [-0.4, -0.2) is 12.7 Å². The Morgan fingerprint density at radius 2 is 0.924 bits per heavy atom. The summed E-state index contributed by atoms with van der Waals surface area (Å²) in [5.41, 5.74) is -9.06. The minimum absolute atomic E-state index is 0.177. The predicted molar refractivity (Wildman–Crippen MR) is 217 cm³/mol. The molecular weight excluding hydrogens is 873 g/mol. The molecule has 0 aromatic heterocycles.